The molecule has 0 aliphatic carbocycles. The molecule has 0 saturated carbocycles. The van der Waals surface area contributed by atoms with Gasteiger partial charge < -0.3 is 40.2 Å². The molecule has 6 aromatic rings. The number of aromatic amines is 2. The molecule has 15 heteroatoms. The van der Waals surface area contributed by atoms with Crippen LogP contribution in [0.5, 0.6) is 11.5 Å². The molecule has 0 aliphatic rings. The van der Waals surface area contributed by atoms with Crippen LogP contribution in [-0.2, 0) is 35.4 Å². The van der Waals surface area contributed by atoms with E-state index in [9.17, 15) is 18.0 Å². The van der Waals surface area contributed by atoms with Crippen molar-refractivity contribution in [2.24, 2.45) is 5.73 Å². The predicted octanol–water partition coefficient (Wildman–Crippen LogP) is 6.25. The second kappa shape index (κ2) is 16.2. The number of halogens is 3. The lowest BCUT2D eigenvalue weighted by molar-refractivity contribution is -0.192. The van der Waals surface area contributed by atoms with E-state index in [0.29, 0.717) is 36.7 Å². The summed E-state index contributed by atoms with van der Waals surface area (Å²) < 4.78 is 45.1. The molecule has 1 atom stereocenters. The number of aromatic nitrogens is 5. The number of methoxy groups -OCH3 is 2. The van der Waals surface area contributed by atoms with Gasteiger partial charge in [0.2, 0.25) is 5.91 Å². The number of benzene rings is 3. The second-order valence-corrected chi connectivity index (χ2v) is 13.1. The van der Waals surface area contributed by atoms with Gasteiger partial charge in [0.15, 0.2) is 5.82 Å². The Labute approximate surface area is 303 Å². The van der Waals surface area contributed by atoms with Crippen molar-refractivity contribution in [3.8, 4) is 11.5 Å². The number of nitrogens with one attached hydrogen (secondary N) is 3. The minimum atomic E-state index is -5.08. The number of carboxylic acid groups (broad SMARTS) is 1. The highest BCUT2D eigenvalue weighted by molar-refractivity contribution is 5.86. The van der Waals surface area contributed by atoms with Crippen LogP contribution in [0.2, 0.25) is 0 Å². The molecule has 3 aromatic carbocycles. The SMILES string of the molecule is COc1ccc(Cn2c(CCCc3c[nH]c4ccccc34)nnc2[C@@H](Cc2c[nH]c3ccccc23)NC(=O)C(C)(C)N)c(OC)c1.O=C(O)C(F)(F)F. The highest BCUT2D eigenvalue weighted by atomic mass is 19.4. The van der Waals surface area contributed by atoms with Crippen molar-refractivity contribution in [2.45, 2.75) is 63.8 Å². The van der Waals surface area contributed by atoms with Gasteiger partial charge in [-0.3, -0.25) is 4.79 Å². The highest BCUT2D eigenvalue weighted by Crippen LogP contribution is 2.30. The maximum Gasteiger partial charge on any atom is 0.490 e. The van der Waals surface area contributed by atoms with Gasteiger partial charge in [-0.05, 0) is 62.1 Å². The first-order valence-corrected chi connectivity index (χ1v) is 16.8. The third-order valence-corrected chi connectivity index (χ3v) is 8.74. The number of rotatable bonds is 13. The largest absolute Gasteiger partial charge is 0.497 e. The van der Waals surface area contributed by atoms with Crippen molar-refractivity contribution in [1.29, 1.82) is 0 Å². The number of carbonyl (C=O) groups is 2. The Morgan fingerprint density at radius 2 is 1.49 bits per heavy atom. The minimum Gasteiger partial charge on any atom is -0.497 e. The molecule has 0 radical (unpaired) electrons. The number of amides is 1. The predicted molar refractivity (Wildman–Crippen MR) is 194 cm³/mol. The number of alkyl halides is 3. The molecule has 3 heterocycles. The fourth-order valence-electron chi connectivity index (χ4n) is 5.96. The molecule has 12 nitrogen and oxygen atoms in total. The lowest BCUT2D eigenvalue weighted by atomic mass is 10.0. The van der Waals surface area contributed by atoms with E-state index in [1.165, 1.54) is 10.9 Å². The molecule has 3 aromatic heterocycles. The summed E-state index contributed by atoms with van der Waals surface area (Å²) >= 11 is 0. The summed E-state index contributed by atoms with van der Waals surface area (Å²) in [7, 11) is 3.28. The van der Waals surface area contributed by atoms with Crippen LogP contribution in [0.25, 0.3) is 21.8 Å². The zero-order valence-corrected chi connectivity index (χ0v) is 29.8. The molecular weight excluding hydrogens is 691 g/mol. The monoisotopic (exact) mass is 733 g/mol. The number of nitrogens with two attached hydrogens (primary N) is 1. The van der Waals surface area contributed by atoms with Gasteiger partial charge in [0, 0.05) is 58.7 Å². The fourth-order valence-corrected chi connectivity index (χ4v) is 5.96. The average Bonchev–Trinajstić information content (AvgIpc) is 3.85. The van der Waals surface area contributed by atoms with E-state index in [-0.39, 0.29) is 5.91 Å². The van der Waals surface area contributed by atoms with Crippen molar-refractivity contribution in [2.75, 3.05) is 14.2 Å². The van der Waals surface area contributed by atoms with Crippen LogP contribution in [-0.4, -0.2) is 67.7 Å². The number of hydrogen-bond acceptors (Lipinski definition) is 7. The Balaban J connectivity index is 0.000000705. The van der Waals surface area contributed by atoms with Crippen LogP contribution < -0.4 is 20.5 Å². The van der Waals surface area contributed by atoms with Gasteiger partial charge in [0.25, 0.3) is 0 Å². The third-order valence-electron chi connectivity index (χ3n) is 8.74. The Morgan fingerprint density at radius 3 is 2.08 bits per heavy atom. The molecule has 6 N–H and O–H groups in total. The van der Waals surface area contributed by atoms with Gasteiger partial charge in [0.1, 0.15) is 17.3 Å². The first-order chi connectivity index (χ1) is 25.2. The minimum absolute atomic E-state index is 0.269. The smallest absolute Gasteiger partial charge is 0.490 e. The summed E-state index contributed by atoms with van der Waals surface area (Å²) in [5, 5.41) is 22.1. The van der Waals surface area contributed by atoms with E-state index in [1.807, 2.05) is 48.7 Å². The Bertz CT molecular complexity index is 2180. The van der Waals surface area contributed by atoms with Crippen molar-refractivity contribution < 1.29 is 37.3 Å². The summed E-state index contributed by atoms with van der Waals surface area (Å²) in [5.74, 6) is -0.134. The van der Waals surface area contributed by atoms with Crippen molar-refractivity contribution in [3.63, 3.8) is 0 Å². The van der Waals surface area contributed by atoms with Gasteiger partial charge in [-0.25, -0.2) is 4.79 Å². The number of aryl methyl sites for hydroxylation is 2. The zero-order chi connectivity index (χ0) is 38.3. The number of nitrogens with zero attached hydrogens (tertiary/aromatic N) is 3. The maximum atomic E-state index is 13.4. The Hall–Kier alpha value is -5.83. The maximum absolute atomic E-state index is 13.4. The van der Waals surface area contributed by atoms with E-state index in [2.05, 4.69) is 50.3 Å². The van der Waals surface area contributed by atoms with Gasteiger partial charge in [-0.2, -0.15) is 13.2 Å². The van der Waals surface area contributed by atoms with Crippen LogP contribution in [0.4, 0.5) is 13.2 Å². The summed E-state index contributed by atoms with van der Waals surface area (Å²) in [6.45, 7) is 3.85. The summed E-state index contributed by atoms with van der Waals surface area (Å²) in [5.41, 5.74) is 10.6. The van der Waals surface area contributed by atoms with Gasteiger partial charge in [0.05, 0.1) is 32.3 Å². The number of para-hydroxylation sites is 2. The molecular formula is C38H42F3N7O5. The van der Waals surface area contributed by atoms with E-state index in [1.54, 1.807) is 28.1 Å². The van der Waals surface area contributed by atoms with E-state index < -0.39 is 23.7 Å². The number of aliphatic carboxylic acids is 1. The lowest BCUT2D eigenvalue weighted by Crippen LogP contribution is -2.50. The fraction of sp³-hybridized carbons (Fsp3) is 0.316. The van der Waals surface area contributed by atoms with Crippen LogP contribution in [0.1, 0.15) is 54.6 Å². The van der Waals surface area contributed by atoms with Gasteiger partial charge >= 0.3 is 12.1 Å². The normalized spacial score (nSPS) is 12.3. The number of hydrogen-bond donors (Lipinski definition) is 5. The summed E-state index contributed by atoms with van der Waals surface area (Å²) in [6, 6.07) is 21.8. The van der Waals surface area contributed by atoms with Crippen LogP contribution in [0.15, 0.2) is 79.1 Å². The average molecular weight is 734 g/mol. The molecule has 280 valence electrons. The Kier molecular flexibility index (Phi) is 11.8. The number of carboxylic acids is 1. The number of H-pyrrole nitrogens is 2. The number of ether oxygens (including phenoxy) is 2. The highest BCUT2D eigenvalue weighted by Gasteiger charge is 2.38. The van der Waals surface area contributed by atoms with E-state index >= 15 is 0 Å². The van der Waals surface area contributed by atoms with Crippen LogP contribution in [0, 0.1) is 0 Å². The quantitative estimate of drug-likeness (QED) is 0.0926. The molecule has 53 heavy (non-hydrogen) atoms. The van der Waals surface area contributed by atoms with E-state index in [0.717, 1.165) is 46.2 Å². The summed E-state index contributed by atoms with van der Waals surface area (Å²) in [6.07, 6.45) is 1.95. The molecule has 0 bridgehead atoms. The van der Waals surface area contributed by atoms with Crippen LogP contribution in [0.3, 0.4) is 0 Å². The lowest BCUT2D eigenvalue weighted by Gasteiger charge is -2.25. The molecule has 0 spiro atoms. The van der Waals surface area contributed by atoms with Gasteiger partial charge in [-0.1, -0.05) is 36.4 Å². The number of fused-ring (bicyclic) bond motifs is 2. The topological polar surface area (TPSA) is 173 Å². The van der Waals surface area contributed by atoms with Crippen molar-refractivity contribution in [1.82, 2.24) is 30.0 Å². The molecule has 0 aliphatic heterocycles. The first kappa shape index (κ1) is 38.4. The number of carbonyl (C=O) groups excluding carboxylic acids is 1. The molecule has 0 unspecified atom stereocenters. The van der Waals surface area contributed by atoms with Crippen molar-refractivity contribution in [3.05, 3.63) is 107 Å². The third kappa shape index (κ3) is 9.35. The van der Waals surface area contributed by atoms with E-state index in [4.69, 9.17) is 35.3 Å². The summed E-state index contributed by atoms with van der Waals surface area (Å²) in [4.78, 5) is 29.0. The second-order valence-electron chi connectivity index (χ2n) is 13.1. The van der Waals surface area contributed by atoms with Gasteiger partial charge in [-0.15, -0.1) is 10.2 Å². The standard InChI is InChI=1S/C36H41N7O3.C2HF3O2/c1-36(2,37)35(44)40-31(18-25-21-39-30-14-8-6-12-28(25)30)34-42-41-33(15-9-10-23-20-38-29-13-7-5-11-27(23)29)43(34)22-24-16-17-26(45-3)19-32(24)46-4;3-2(4,5)1(6)7/h5-8,11-14,16-17,19-21,31,38-39H,9-10,15,18,22,37H2,1-4H3,(H,40,44);(H,6,7)/t31-;/m1./s1. The Morgan fingerprint density at radius 1 is 0.887 bits per heavy atom. The van der Waals surface area contributed by atoms with Crippen molar-refractivity contribution >= 4 is 33.7 Å². The first-order valence-electron chi connectivity index (χ1n) is 16.8. The zero-order valence-electron chi connectivity index (χ0n) is 29.8. The molecule has 0 fully saturated rings. The molecule has 0 saturated heterocycles. The van der Waals surface area contributed by atoms with Crippen LogP contribution >= 0.6 is 0 Å². The molecule has 1 amide bonds. The molecule has 6 rings (SSSR count).